The highest BCUT2D eigenvalue weighted by Gasteiger charge is 2.33. The number of furan rings is 1. The largest absolute Gasteiger partial charge is 0.443 e. The van der Waals surface area contributed by atoms with E-state index >= 15 is 0 Å². The van der Waals surface area contributed by atoms with E-state index in [2.05, 4.69) is 11.4 Å². The lowest BCUT2D eigenvalue weighted by Crippen LogP contribution is -2.46. The molecule has 7 nitrogen and oxygen atoms in total. The van der Waals surface area contributed by atoms with Crippen molar-refractivity contribution in [3.63, 3.8) is 0 Å². The Morgan fingerprint density at radius 1 is 1.29 bits per heavy atom. The van der Waals surface area contributed by atoms with E-state index in [9.17, 15) is 14.9 Å². The van der Waals surface area contributed by atoms with Crippen molar-refractivity contribution in [1.29, 1.82) is 5.26 Å². The first-order chi connectivity index (χ1) is 13.6. The number of amides is 2. The summed E-state index contributed by atoms with van der Waals surface area (Å²) < 4.78 is 7.44. The summed E-state index contributed by atoms with van der Waals surface area (Å²) in [4.78, 5) is 27.3. The van der Waals surface area contributed by atoms with Crippen LogP contribution in [0.4, 0.5) is 0 Å². The SMILES string of the molecule is Cc1oc(-n2cccc2)c(C#N)c1C(=O)N1CCCC(C(=O)NCC2CC2)C1. The van der Waals surface area contributed by atoms with Crippen LogP contribution < -0.4 is 5.32 Å². The van der Waals surface area contributed by atoms with Crippen LogP contribution in [0.3, 0.4) is 0 Å². The molecule has 1 unspecified atom stereocenters. The number of aryl methyl sites for hydroxylation is 1. The molecule has 1 atom stereocenters. The average Bonchev–Trinajstić information content (AvgIpc) is 3.26. The third-order valence-electron chi connectivity index (χ3n) is 5.57. The molecule has 2 fully saturated rings. The molecule has 0 radical (unpaired) electrons. The van der Waals surface area contributed by atoms with E-state index in [1.165, 1.54) is 12.8 Å². The van der Waals surface area contributed by atoms with Gasteiger partial charge in [-0.05, 0) is 50.7 Å². The van der Waals surface area contributed by atoms with Gasteiger partial charge >= 0.3 is 0 Å². The number of nitriles is 1. The molecule has 0 spiro atoms. The van der Waals surface area contributed by atoms with Crippen LogP contribution in [0.15, 0.2) is 28.9 Å². The zero-order chi connectivity index (χ0) is 19.7. The van der Waals surface area contributed by atoms with Gasteiger partial charge in [-0.15, -0.1) is 0 Å². The highest BCUT2D eigenvalue weighted by atomic mass is 16.4. The topological polar surface area (TPSA) is 91.3 Å². The van der Waals surface area contributed by atoms with Crippen molar-refractivity contribution in [1.82, 2.24) is 14.8 Å². The number of hydrogen-bond acceptors (Lipinski definition) is 4. The molecule has 4 rings (SSSR count). The van der Waals surface area contributed by atoms with Crippen molar-refractivity contribution in [3.8, 4) is 12.0 Å². The Morgan fingerprint density at radius 2 is 2.04 bits per heavy atom. The van der Waals surface area contributed by atoms with Crippen molar-refractivity contribution >= 4 is 11.8 Å². The molecular formula is C21H24N4O3. The monoisotopic (exact) mass is 380 g/mol. The van der Waals surface area contributed by atoms with Gasteiger partial charge in [0.05, 0.1) is 5.92 Å². The summed E-state index contributed by atoms with van der Waals surface area (Å²) in [7, 11) is 0. The highest BCUT2D eigenvalue weighted by molar-refractivity contribution is 5.99. The molecule has 2 aromatic heterocycles. The maximum absolute atomic E-state index is 13.2. The fourth-order valence-electron chi connectivity index (χ4n) is 3.79. The van der Waals surface area contributed by atoms with Crippen LogP contribution in [0.2, 0.25) is 0 Å². The van der Waals surface area contributed by atoms with Crippen LogP contribution in [0.5, 0.6) is 0 Å². The number of piperidine rings is 1. The number of nitrogens with zero attached hydrogens (tertiary/aromatic N) is 3. The molecule has 3 heterocycles. The first kappa shape index (κ1) is 18.4. The van der Waals surface area contributed by atoms with E-state index in [1.807, 2.05) is 12.1 Å². The van der Waals surface area contributed by atoms with Crippen molar-refractivity contribution < 1.29 is 14.0 Å². The first-order valence-electron chi connectivity index (χ1n) is 9.82. The molecule has 28 heavy (non-hydrogen) atoms. The van der Waals surface area contributed by atoms with E-state index in [4.69, 9.17) is 4.42 Å². The van der Waals surface area contributed by atoms with Crippen molar-refractivity contribution in [3.05, 3.63) is 41.4 Å². The van der Waals surface area contributed by atoms with E-state index in [-0.39, 0.29) is 23.3 Å². The first-order valence-corrected chi connectivity index (χ1v) is 9.82. The van der Waals surface area contributed by atoms with Gasteiger partial charge in [0.1, 0.15) is 23.0 Å². The van der Waals surface area contributed by atoms with Gasteiger partial charge in [0.15, 0.2) is 0 Å². The Balaban J connectivity index is 1.52. The second kappa shape index (κ2) is 7.55. The van der Waals surface area contributed by atoms with Crippen LogP contribution in [0, 0.1) is 30.1 Å². The molecule has 7 heteroatoms. The summed E-state index contributed by atoms with van der Waals surface area (Å²) in [6, 6.07) is 5.78. The molecule has 2 aromatic rings. The Kier molecular flexibility index (Phi) is 4.95. The molecule has 1 N–H and O–H groups in total. The Labute approximate surface area is 163 Å². The lowest BCUT2D eigenvalue weighted by Gasteiger charge is -2.32. The fourth-order valence-corrected chi connectivity index (χ4v) is 3.79. The number of carbonyl (C=O) groups is 2. The van der Waals surface area contributed by atoms with Crippen LogP contribution in [-0.4, -0.2) is 40.9 Å². The van der Waals surface area contributed by atoms with Crippen molar-refractivity contribution in [2.24, 2.45) is 11.8 Å². The average molecular weight is 380 g/mol. The Bertz CT molecular complexity index is 918. The summed E-state index contributed by atoms with van der Waals surface area (Å²) >= 11 is 0. The lowest BCUT2D eigenvalue weighted by molar-refractivity contribution is -0.126. The smallest absolute Gasteiger partial charge is 0.258 e. The molecule has 146 valence electrons. The lowest BCUT2D eigenvalue weighted by atomic mass is 9.96. The minimum absolute atomic E-state index is 0.0295. The normalized spacial score (nSPS) is 19.3. The van der Waals surface area contributed by atoms with Gasteiger partial charge in [-0.3, -0.25) is 14.2 Å². The van der Waals surface area contributed by atoms with Crippen LogP contribution in [0.1, 0.15) is 47.4 Å². The molecule has 2 aliphatic rings. The minimum Gasteiger partial charge on any atom is -0.443 e. The quantitative estimate of drug-likeness (QED) is 0.863. The molecular weight excluding hydrogens is 356 g/mol. The summed E-state index contributed by atoms with van der Waals surface area (Å²) in [6.45, 7) is 3.40. The maximum atomic E-state index is 13.2. The van der Waals surface area contributed by atoms with Gasteiger partial charge in [-0.1, -0.05) is 0 Å². The maximum Gasteiger partial charge on any atom is 0.258 e. The van der Waals surface area contributed by atoms with Crippen molar-refractivity contribution in [2.45, 2.75) is 32.6 Å². The third kappa shape index (κ3) is 3.55. The number of rotatable bonds is 5. The third-order valence-corrected chi connectivity index (χ3v) is 5.57. The standard InChI is InChI=1S/C21H24N4O3/c1-14-18(17(11-22)21(28-14)24-8-2-3-9-24)20(27)25-10-4-5-16(13-25)19(26)23-12-15-6-7-15/h2-3,8-9,15-16H,4-7,10,12-13H2,1H3,(H,23,26). The van der Waals surface area contributed by atoms with Crippen LogP contribution >= 0.6 is 0 Å². The second-order valence-electron chi connectivity index (χ2n) is 7.69. The predicted octanol–water partition coefficient (Wildman–Crippen LogP) is 2.63. The predicted molar refractivity (Wildman–Crippen MR) is 102 cm³/mol. The van der Waals surface area contributed by atoms with E-state index in [0.29, 0.717) is 36.2 Å². The minimum atomic E-state index is -0.240. The summed E-state index contributed by atoms with van der Waals surface area (Å²) in [6.07, 6.45) is 7.48. The van der Waals surface area contributed by atoms with E-state index in [1.54, 1.807) is 28.8 Å². The van der Waals surface area contributed by atoms with Gasteiger partial charge in [0.2, 0.25) is 11.8 Å². The number of likely N-dealkylation sites (tertiary alicyclic amines) is 1. The summed E-state index contributed by atoms with van der Waals surface area (Å²) in [5.74, 6) is 0.995. The fraction of sp³-hybridized carbons (Fsp3) is 0.476. The molecule has 0 aromatic carbocycles. The van der Waals surface area contributed by atoms with E-state index < -0.39 is 0 Å². The molecule has 1 saturated carbocycles. The molecule has 0 bridgehead atoms. The number of carbonyl (C=O) groups excluding carboxylic acids is 2. The van der Waals surface area contributed by atoms with Gasteiger partial charge in [0, 0.05) is 32.0 Å². The van der Waals surface area contributed by atoms with E-state index in [0.717, 1.165) is 19.4 Å². The van der Waals surface area contributed by atoms with Crippen LogP contribution in [-0.2, 0) is 4.79 Å². The van der Waals surface area contributed by atoms with Gasteiger partial charge < -0.3 is 14.6 Å². The van der Waals surface area contributed by atoms with Gasteiger partial charge in [-0.2, -0.15) is 5.26 Å². The Hall–Kier alpha value is -3.01. The van der Waals surface area contributed by atoms with Gasteiger partial charge in [0.25, 0.3) is 5.91 Å². The molecule has 1 aliphatic carbocycles. The number of hydrogen-bond donors (Lipinski definition) is 1. The summed E-state index contributed by atoms with van der Waals surface area (Å²) in [5, 5.41) is 12.7. The van der Waals surface area contributed by atoms with Crippen molar-refractivity contribution in [2.75, 3.05) is 19.6 Å². The zero-order valence-corrected chi connectivity index (χ0v) is 16.0. The second-order valence-corrected chi connectivity index (χ2v) is 7.69. The van der Waals surface area contributed by atoms with Gasteiger partial charge in [-0.25, -0.2) is 0 Å². The molecule has 1 aliphatic heterocycles. The molecule has 1 saturated heterocycles. The molecule has 2 amide bonds. The Morgan fingerprint density at radius 3 is 2.71 bits per heavy atom. The highest BCUT2D eigenvalue weighted by Crippen LogP contribution is 2.29. The number of nitrogens with one attached hydrogen (secondary N) is 1. The van der Waals surface area contributed by atoms with Crippen LogP contribution in [0.25, 0.3) is 5.88 Å². The summed E-state index contributed by atoms with van der Waals surface area (Å²) in [5.41, 5.74) is 0.532. The number of aromatic nitrogens is 1. The zero-order valence-electron chi connectivity index (χ0n) is 16.0.